The maximum atomic E-state index is 13.2. The van der Waals surface area contributed by atoms with Crippen LogP contribution in [0.2, 0.25) is 20.1 Å². The van der Waals surface area contributed by atoms with E-state index in [1.54, 1.807) is 43.3 Å². The summed E-state index contributed by atoms with van der Waals surface area (Å²) in [6.07, 6.45) is 1.92. The molecule has 30 heavy (non-hydrogen) atoms. The van der Waals surface area contributed by atoms with Crippen molar-refractivity contribution >= 4 is 58.2 Å². The number of nitrogens with zero attached hydrogens (tertiary/aromatic N) is 1. The van der Waals surface area contributed by atoms with Crippen LogP contribution in [-0.2, 0) is 22.6 Å². The van der Waals surface area contributed by atoms with E-state index in [-0.39, 0.29) is 24.8 Å². The van der Waals surface area contributed by atoms with Crippen molar-refractivity contribution < 1.29 is 9.59 Å². The Kier molecular flexibility index (Phi) is 9.76. The van der Waals surface area contributed by atoms with Gasteiger partial charge in [0.15, 0.2) is 0 Å². The van der Waals surface area contributed by atoms with Crippen LogP contribution in [0.1, 0.15) is 37.8 Å². The van der Waals surface area contributed by atoms with Crippen molar-refractivity contribution in [2.24, 2.45) is 0 Å². The van der Waals surface area contributed by atoms with Crippen LogP contribution in [0.15, 0.2) is 36.4 Å². The molecule has 2 aromatic carbocycles. The highest BCUT2D eigenvalue weighted by Crippen LogP contribution is 2.25. The normalized spacial score (nSPS) is 11.8. The minimum absolute atomic E-state index is 0.0781. The van der Waals surface area contributed by atoms with Crippen LogP contribution in [0, 0.1) is 0 Å². The quantitative estimate of drug-likeness (QED) is 0.427. The number of halogens is 4. The molecule has 0 fully saturated rings. The van der Waals surface area contributed by atoms with E-state index in [1.807, 2.05) is 6.92 Å². The molecule has 0 radical (unpaired) electrons. The van der Waals surface area contributed by atoms with Crippen LogP contribution in [0.25, 0.3) is 0 Å². The maximum Gasteiger partial charge on any atom is 0.242 e. The van der Waals surface area contributed by atoms with Gasteiger partial charge in [-0.15, -0.1) is 0 Å². The van der Waals surface area contributed by atoms with E-state index in [0.717, 1.165) is 12.8 Å². The highest BCUT2D eigenvalue weighted by atomic mass is 35.5. The Morgan fingerprint density at radius 1 is 1.00 bits per heavy atom. The van der Waals surface area contributed by atoms with Gasteiger partial charge >= 0.3 is 0 Å². The van der Waals surface area contributed by atoms with Crippen molar-refractivity contribution in [3.05, 3.63) is 67.6 Å². The number of unbranched alkanes of at least 4 members (excludes halogenated alkanes) is 1. The Morgan fingerprint density at radius 2 is 1.73 bits per heavy atom. The molecular formula is C22H24Cl4N2O2. The third-order valence-corrected chi connectivity index (χ3v) is 6.02. The first kappa shape index (κ1) is 24.8. The van der Waals surface area contributed by atoms with E-state index in [2.05, 4.69) is 5.32 Å². The number of rotatable bonds is 9. The van der Waals surface area contributed by atoms with Gasteiger partial charge in [0.25, 0.3) is 0 Å². The molecule has 0 aliphatic rings. The Balaban J connectivity index is 2.25. The van der Waals surface area contributed by atoms with Crippen molar-refractivity contribution in [3.63, 3.8) is 0 Å². The second-order valence-electron chi connectivity index (χ2n) is 7.00. The maximum absolute atomic E-state index is 13.2. The SMILES string of the molecule is CCCCNC(=O)[C@@H](C)N(Cc1ccc(Cl)cc1Cl)C(=O)Cc1ccc(Cl)c(Cl)c1. The van der Waals surface area contributed by atoms with Crippen molar-refractivity contribution in [2.45, 2.75) is 45.7 Å². The molecule has 1 N–H and O–H groups in total. The summed E-state index contributed by atoms with van der Waals surface area (Å²) in [6.45, 7) is 4.50. The predicted octanol–water partition coefficient (Wildman–Crippen LogP) is 6.18. The van der Waals surface area contributed by atoms with Gasteiger partial charge in [0.1, 0.15) is 6.04 Å². The standard InChI is InChI=1S/C22H24Cl4N2O2/c1-3-4-9-27-22(30)14(2)28(13-16-6-7-17(23)12-19(16)25)21(29)11-15-5-8-18(24)20(26)10-15/h5-8,10,12,14H,3-4,9,11,13H2,1-2H3,(H,27,30)/t14-/m1/s1. The smallest absolute Gasteiger partial charge is 0.242 e. The summed E-state index contributed by atoms with van der Waals surface area (Å²) in [5.41, 5.74) is 1.41. The van der Waals surface area contributed by atoms with Crippen LogP contribution in [0.3, 0.4) is 0 Å². The molecule has 2 rings (SSSR count). The lowest BCUT2D eigenvalue weighted by atomic mass is 10.1. The van der Waals surface area contributed by atoms with Crippen LogP contribution in [0.4, 0.5) is 0 Å². The number of benzene rings is 2. The van der Waals surface area contributed by atoms with Gasteiger partial charge in [0, 0.05) is 23.1 Å². The average molecular weight is 490 g/mol. The molecule has 0 aliphatic heterocycles. The molecule has 0 saturated carbocycles. The topological polar surface area (TPSA) is 49.4 Å². The van der Waals surface area contributed by atoms with Gasteiger partial charge in [-0.3, -0.25) is 9.59 Å². The fourth-order valence-electron chi connectivity index (χ4n) is 2.88. The monoisotopic (exact) mass is 488 g/mol. The number of amides is 2. The van der Waals surface area contributed by atoms with Gasteiger partial charge in [0.05, 0.1) is 16.5 Å². The summed E-state index contributed by atoms with van der Waals surface area (Å²) in [5, 5.41) is 4.62. The van der Waals surface area contributed by atoms with Gasteiger partial charge in [-0.2, -0.15) is 0 Å². The predicted molar refractivity (Wildman–Crippen MR) is 125 cm³/mol. The summed E-state index contributed by atoms with van der Waals surface area (Å²) in [5.74, 6) is -0.437. The lowest BCUT2D eigenvalue weighted by Crippen LogP contribution is -2.48. The largest absolute Gasteiger partial charge is 0.354 e. The summed E-state index contributed by atoms with van der Waals surface area (Å²) >= 11 is 24.3. The molecule has 1 atom stereocenters. The molecular weight excluding hydrogens is 466 g/mol. The number of carbonyl (C=O) groups excluding carboxylic acids is 2. The number of carbonyl (C=O) groups is 2. The highest BCUT2D eigenvalue weighted by Gasteiger charge is 2.26. The third kappa shape index (κ3) is 7.05. The van der Waals surface area contributed by atoms with Crippen molar-refractivity contribution in [2.75, 3.05) is 6.54 Å². The Hall–Kier alpha value is -1.46. The molecule has 4 nitrogen and oxygen atoms in total. The van der Waals surface area contributed by atoms with Crippen molar-refractivity contribution in [1.29, 1.82) is 0 Å². The fourth-order valence-corrected chi connectivity index (χ4v) is 3.67. The third-order valence-electron chi connectivity index (χ3n) is 4.69. The van der Waals surface area contributed by atoms with Crippen LogP contribution < -0.4 is 5.32 Å². The zero-order valence-corrected chi connectivity index (χ0v) is 19.9. The zero-order chi connectivity index (χ0) is 22.3. The summed E-state index contributed by atoms with van der Waals surface area (Å²) < 4.78 is 0. The number of hydrogen-bond donors (Lipinski definition) is 1. The Labute approximate surface area is 197 Å². The van der Waals surface area contributed by atoms with Gasteiger partial charge in [-0.05, 0) is 48.7 Å². The van der Waals surface area contributed by atoms with Gasteiger partial charge < -0.3 is 10.2 Å². The van der Waals surface area contributed by atoms with E-state index in [9.17, 15) is 9.59 Å². The first-order valence-corrected chi connectivity index (χ1v) is 11.2. The number of hydrogen-bond acceptors (Lipinski definition) is 2. The van der Waals surface area contributed by atoms with Crippen LogP contribution >= 0.6 is 46.4 Å². The summed E-state index contributed by atoms with van der Waals surface area (Å²) in [7, 11) is 0. The molecule has 0 aliphatic carbocycles. The first-order chi connectivity index (χ1) is 14.2. The lowest BCUT2D eigenvalue weighted by molar-refractivity contribution is -0.140. The minimum atomic E-state index is -0.677. The Bertz CT molecular complexity index is 905. The molecule has 0 aromatic heterocycles. The van der Waals surface area contributed by atoms with Crippen molar-refractivity contribution in [3.8, 4) is 0 Å². The average Bonchev–Trinajstić information content (AvgIpc) is 2.69. The molecule has 0 heterocycles. The van der Waals surface area contributed by atoms with Gasteiger partial charge in [-0.25, -0.2) is 0 Å². The van der Waals surface area contributed by atoms with E-state index in [0.29, 0.717) is 37.8 Å². The molecule has 2 amide bonds. The highest BCUT2D eigenvalue weighted by molar-refractivity contribution is 6.42. The van der Waals surface area contributed by atoms with Crippen LogP contribution in [-0.4, -0.2) is 29.3 Å². The molecule has 0 saturated heterocycles. The second kappa shape index (κ2) is 11.8. The number of nitrogens with one attached hydrogen (secondary N) is 1. The van der Waals surface area contributed by atoms with Crippen molar-refractivity contribution in [1.82, 2.24) is 10.2 Å². The van der Waals surface area contributed by atoms with E-state index < -0.39 is 6.04 Å². The molecule has 162 valence electrons. The second-order valence-corrected chi connectivity index (χ2v) is 8.66. The van der Waals surface area contributed by atoms with Gasteiger partial charge in [-0.1, -0.05) is 71.9 Å². The lowest BCUT2D eigenvalue weighted by Gasteiger charge is -2.29. The van der Waals surface area contributed by atoms with Crippen LogP contribution in [0.5, 0.6) is 0 Å². The van der Waals surface area contributed by atoms with Gasteiger partial charge in [0.2, 0.25) is 11.8 Å². The molecule has 2 aromatic rings. The first-order valence-electron chi connectivity index (χ1n) is 9.68. The van der Waals surface area contributed by atoms with E-state index in [4.69, 9.17) is 46.4 Å². The molecule has 8 heteroatoms. The Morgan fingerprint density at radius 3 is 2.37 bits per heavy atom. The molecule has 0 spiro atoms. The minimum Gasteiger partial charge on any atom is -0.354 e. The summed E-state index contributed by atoms with van der Waals surface area (Å²) in [6, 6.07) is 9.44. The fraction of sp³-hybridized carbons (Fsp3) is 0.364. The zero-order valence-electron chi connectivity index (χ0n) is 16.9. The summed E-state index contributed by atoms with van der Waals surface area (Å²) in [4.78, 5) is 27.3. The molecule has 0 unspecified atom stereocenters. The van der Waals surface area contributed by atoms with E-state index in [1.165, 1.54) is 4.90 Å². The molecule has 0 bridgehead atoms. The van der Waals surface area contributed by atoms with E-state index >= 15 is 0 Å².